The molecule has 0 radical (unpaired) electrons. The zero-order valence-corrected chi connectivity index (χ0v) is 12.8. The summed E-state index contributed by atoms with van der Waals surface area (Å²) in [6.45, 7) is 2.05. The van der Waals surface area contributed by atoms with E-state index in [9.17, 15) is 4.79 Å². The maximum atomic E-state index is 12.1. The molecule has 1 heterocycles. The van der Waals surface area contributed by atoms with Gasteiger partial charge in [0.25, 0.3) is 0 Å². The van der Waals surface area contributed by atoms with Crippen LogP contribution in [0.15, 0.2) is 54.9 Å². The third kappa shape index (κ3) is 4.00. The lowest BCUT2D eigenvalue weighted by Gasteiger charge is -2.07. The van der Waals surface area contributed by atoms with Crippen LogP contribution in [0.2, 0.25) is 0 Å². The maximum absolute atomic E-state index is 12.1. The van der Waals surface area contributed by atoms with Crippen molar-refractivity contribution in [2.75, 3.05) is 5.32 Å². The lowest BCUT2D eigenvalue weighted by molar-refractivity contribution is -0.116. The van der Waals surface area contributed by atoms with Crippen molar-refractivity contribution in [1.82, 2.24) is 20.2 Å². The third-order valence-corrected chi connectivity index (χ3v) is 3.47. The molecule has 0 bridgehead atoms. The van der Waals surface area contributed by atoms with Crippen molar-refractivity contribution in [1.29, 1.82) is 0 Å². The van der Waals surface area contributed by atoms with E-state index in [1.165, 1.54) is 17.5 Å². The number of nitrogens with one attached hydrogen (secondary N) is 1. The van der Waals surface area contributed by atoms with Crippen molar-refractivity contribution >= 4 is 11.6 Å². The summed E-state index contributed by atoms with van der Waals surface area (Å²) in [4.78, 5) is 12.1. The number of tetrazole rings is 1. The molecule has 0 unspecified atom stereocenters. The minimum absolute atomic E-state index is 0.0135. The van der Waals surface area contributed by atoms with Crippen molar-refractivity contribution in [2.24, 2.45) is 0 Å². The van der Waals surface area contributed by atoms with Gasteiger partial charge in [0.2, 0.25) is 5.91 Å². The lowest BCUT2D eigenvalue weighted by Crippen LogP contribution is -2.12. The Morgan fingerprint density at radius 3 is 2.83 bits per heavy atom. The van der Waals surface area contributed by atoms with Crippen LogP contribution < -0.4 is 5.32 Å². The van der Waals surface area contributed by atoms with Crippen molar-refractivity contribution in [3.63, 3.8) is 0 Å². The molecule has 0 spiro atoms. The molecule has 0 fully saturated rings. The van der Waals surface area contributed by atoms with E-state index in [1.807, 2.05) is 49.4 Å². The molecule has 0 atom stereocenters. The van der Waals surface area contributed by atoms with Gasteiger partial charge >= 0.3 is 0 Å². The number of nitrogens with zero attached hydrogens (tertiary/aromatic N) is 4. The number of carbonyl (C=O) groups is 1. The summed E-state index contributed by atoms with van der Waals surface area (Å²) >= 11 is 0. The number of aryl methyl sites for hydroxylation is 2. The highest BCUT2D eigenvalue weighted by Crippen LogP contribution is 2.14. The Kier molecular flexibility index (Phi) is 4.42. The SMILES string of the molecule is Cc1cccc(CCC(=O)Nc2cccc(-n3cnnn3)c2)c1. The molecule has 6 heteroatoms. The van der Waals surface area contributed by atoms with E-state index < -0.39 is 0 Å². The second-order valence-electron chi connectivity index (χ2n) is 5.34. The van der Waals surface area contributed by atoms with Crippen molar-refractivity contribution in [3.8, 4) is 5.69 Å². The summed E-state index contributed by atoms with van der Waals surface area (Å²) in [5.41, 5.74) is 3.90. The van der Waals surface area contributed by atoms with Crippen molar-refractivity contribution < 1.29 is 4.79 Å². The molecule has 1 amide bonds. The second kappa shape index (κ2) is 6.83. The molecule has 0 saturated heterocycles. The molecule has 116 valence electrons. The van der Waals surface area contributed by atoms with Gasteiger partial charge in [-0.05, 0) is 47.5 Å². The molecule has 3 aromatic rings. The Morgan fingerprint density at radius 1 is 1.17 bits per heavy atom. The van der Waals surface area contributed by atoms with Crippen LogP contribution in [0.25, 0.3) is 5.69 Å². The Morgan fingerprint density at radius 2 is 2.04 bits per heavy atom. The third-order valence-electron chi connectivity index (χ3n) is 3.47. The van der Waals surface area contributed by atoms with E-state index in [1.54, 1.807) is 4.68 Å². The molecule has 1 aromatic heterocycles. The number of hydrogen-bond acceptors (Lipinski definition) is 4. The van der Waals surface area contributed by atoms with Gasteiger partial charge in [-0.3, -0.25) is 4.79 Å². The molecule has 0 aliphatic heterocycles. The molecule has 6 nitrogen and oxygen atoms in total. The highest BCUT2D eigenvalue weighted by molar-refractivity contribution is 5.91. The average Bonchev–Trinajstić information content (AvgIpc) is 3.08. The zero-order valence-electron chi connectivity index (χ0n) is 12.8. The minimum Gasteiger partial charge on any atom is -0.326 e. The van der Waals surface area contributed by atoms with Crippen LogP contribution in [0.3, 0.4) is 0 Å². The number of anilines is 1. The number of carbonyl (C=O) groups excluding carboxylic acids is 1. The molecular formula is C17H17N5O. The average molecular weight is 307 g/mol. The van der Waals surface area contributed by atoms with Crippen LogP contribution in [0.4, 0.5) is 5.69 Å². The van der Waals surface area contributed by atoms with E-state index in [0.29, 0.717) is 6.42 Å². The van der Waals surface area contributed by atoms with Crippen LogP contribution in [0.1, 0.15) is 17.5 Å². The fourth-order valence-electron chi connectivity index (χ4n) is 2.35. The fourth-order valence-corrected chi connectivity index (χ4v) is 2.35. The van der Waals surface area contributed by atoms with Gasteiger partial charge in [0, 0.05) is 12.1 Å². The number of benzene rings is 2. The van der Waals surface area contributed by atoms with E-state index in [2.05, 4.69) is 26.9 Å². The summed E-state index contributed by atoms with van der Waals surface area (Å²) in [6.07, 6.45) is 2.68. The molecule has 0 aliphatic carbocycles. The summed E-state index contributed by atoms with van der Waals surface area (Å²) in [5.74, 6) is -0.0135. The second-order valence-corrected chi connectivity index (χ2v) is 5.34. The molecule has 1 N–H and O–H groups in total. The van der Waals surface area contributed by atoms with Crippen molar-refractivity contribution in [2.45, 2.75) is 19.8 Å². The first-order valence-corrected chi connectivity index (χ1v) is 7.39. The smallest absolute Gasteiger partial charge is 0.224 e. The number of aromatic nitrogens is 4. The Labute approximate surface area is 134 Å². The Balaban J connectivity index is 1.61. The quantitative estimate of drug-likeness (QED) is 0.786. The minimum atomic E-state index is -0.0135. The van der Waals surface area contributed by atoms with E-state index in [-0.39, 0.29) is 5.91 Å². The van der Waals surface area contributed by atoms with Gasteiger partial charge in [-0.2, -0.15) is 0 Å². The summed E-state index contributed by atoms with van der Waals surface area (Å²) < 4.78 is 1.54. The van der Waals surface area contributed by atoms with Gasteiger partial charge in [-0.25, -0.2) is 4.68 Å². The normalized spacial score (nSPS) is 10.5. The first kappa shape index (κ1) is 14.9. The zero-order chi connectivity index (χ0) is 16.1. The first-order valence-electron chi connectivity index (χ1n) is 7.39. The molecule has 23 heavy (non-hydrogen) atoms. The Hall–Kier alpha value is -3.02. The number of amides is 1. The van der Waals surface area contributed by atoms with Crippen LogP contribution in [-0.2, 0) is 11.2 Å². The van der Waals surface area contributed by atoms with Crippen molar-refractivity contribution in [3.05, 3.63) is 66.0 Å². The van der Waals surface area contributed by atoms with E-state index in [0.717, 1.165) is 17.8 Å². The first-order chi connectivity index (χ1) is 11.2. The summed E-state index contributed by atoms with van der Waals surface area (Å²) in [7, 11) is 0. The summed E-state index contributed by atoms with van der Waals surface area (Å²) in [6, 6.07) is 15.6. The van der Waals surface area contributed by atoms with Crippen LogP contribution in [0, 0.1) is 6.92 Å². The topological polar surface area (TPSA) is 72.7 Å². The fraction of sp³-hybridized carbons (Fsp3) is 0.176. The van der Waals surface area contributed by atoms with Crippen LogP contribution >= 0.6 is 0 Å². The van der Waals surface area contributed by atoms with E-state index in [4.69, 9.17) is 0 Å². The predicted octanol–water partition coefficient (Wildman–Crippen LogP) is 2.54. The highest BCUT2D eigenvalue weighted by atomic mass is 16.1. The predicted molar refractivity (Wildman–Crippen MR) is 87.3 cm³/mol. The van der Waals surface area contributed by atoms with Crippen LogP contribution in [-0.4, -0.2) is 26.1 Å². The standard InChI is InChI=1S/C17H17N5O/c1-13-4-2-5-14(10-13)8-9-17(23)19-15-6-3-7-16(11-15)22-12-18-20-21-22/h2-7,10-12H,8-9H2,1H3,(H,19,23). The van der Waals surface area contributed by atoms with Gasteiger partial charge < -0.3 is 5.32 Å². The Bertz CT molecular complexity index is 798. The molecular weight excluding hydrogens is 290 g/mol. The lowest BCUT2D eigenvalue weighted by atomic mass is 10.1. The summed E-state index contributed by atoms with van der Waals surface area (Å²) in [5, 5.41) is 14.0. The molecule has 2 aromatic carbocycles. The van der Waals surface area contributed by atoms with Gasteiger partial charge in [0.05, 0.1) is 5.69 Å². The molecule has 0 saturated carbocycles. The molecule has 0 aliphatic rings. The van der Waals surface area contributed by atoms with Gasteiger partial charge in [0.15, 0.2) is 0 Å². The number of hydrogen-bond donors (Lipinski definition) is 1. The molecule has 3 rings (SSSR count). The monoisotopic (exact) mass is 307 g/mol. The number of rotatable bonds is 5. The van der Waals surface area contributed by atoms with Gasteiger partial charge in [-0.1, -0.05) is 35.9 Å². The maximum Gasteiger partial charge on any atom is 0.224 e. The van der Waals surface area contributed by atoms with Gasteiger partial charge in [0.1, 0.15) is 6.33 Å². The highest BCUT2D eigenvalue weighted by Gasteiger charge is 2.05. The van der Waals surface area contributed by atoms with Gasteiger partial charge in [-0.15, -0.1) is 5.10 Å². The largest absolute Gasteiger partial charge is 0.326 e. The van der Waals surface area contributed by atoms with Crippen LogP contribution in [0.5, 0.6) is 0 Å². The van der Waals surface area contributed by atoms with E-state index >= 15 is 0 Å².